The Morgan fingerprint density at radius 3 is 2.53 bits per heavy atom. The number of carbonyl (C=O) groups excluding carboxylic acids is 1. The zero-order valence-electron chi connectivity index (χ0n) is 22.2. The minimum absolute atomic E-state index is 0.0835. The maximum Gasteiger partial charge on any atom is 0.252 e. The van der Waals surface area contributed by atoms with Gasteiger partial charge in [0.25, 0.3) is 5.91 Å². The maximum atomic E-state index is 13.5. The van der Waals surface area contributed by atoms with Crippen molar-refractivity contribution in [1.82, 2.24) is 10.2 Å². The van der Waals surface area contributed by atoms with Gasteiger partial charge in [0.2, 0.25) is 0 Å². The van der Waals surface area contributed by atoms with Crippen LogP contribution >= 0.6 is 0 Å². The van der Waals surface area contributed by atoms with Crippen LogP contribution in [-0.2, 0) is 6.42 Å². The number of hydrogen-bond acceptors (Lipinski definition) is 4. The third-order valence-electron chi connectivity index (χ3n) is 7.78. The molecule has 2 aromatic carbocycles. The summed E-state index contributed by atoms with van der Waals surface area (Å²) in [5, 5.41) is 3.13. The van der Waals surface area contributed by atoms with E-state index in [1.165, 1.54) is 51.5 Å². The predicted molar refractivity (Wildman–Crippen MR) is 147 cm³/mol. The summed E-state index contributed by atoms with van der Waals surface area (Å²) >= 11 is 0. The first-order valence-electron chi connectivity index (χ1n) is 13.6. The minimum Gasteiger partial charge on any atom is -0.497 e. The van der Waals surface area contributed by atoms with Crippen molar-refractivity contribution in [2.45, 2.75) is 64.3 Å². The molecule has 2 fully saturated rings. The molecule has 1 aliphatic heterocycles. The Labute approximate surface area is 216 Å². The molecule has 4 rings (SSSR count). The van der Waals surface area contributed by atoms with Crippen molar-refractivity contribution in [1.29, 1.82) is 0 Å². The molecule has 1 saturated heterocycles. The lowest BCUT2D eigenvalue weighted by atomic mass is 9.88. The topological polar surface area (TPSA) is 50.8 Å². The van der Waals surface area contributed by atoms with Crippen LogP contribution in [0.3, 0.4) is 0 Å². The van der Waals surface area contributed by atoms with Crippen LogP contribution < -0.4 is 14.8 Å². The third kappa shape index (κ3) is 6.91. The van der Waals surface area contributed by atoms with E-state index >= 15 is 0 Å². The van der Waals surface area contributed by atoms with Gasteiger partial charge in [-0.2, -0.15) is 0 Å². The van der Waals surface area contributed by atoms with E-state index in [-0.39, 0.29) is 5.91 Å². The summed E-state index contributed by atoms with van der Waals surface area (Å²) < 4.78 is 11.3. The average molecular weight is 491 g/mol. The van der Waals surface area contributed by atoms with Crippen LogP contribution in [0.5, 0.6) is 11.5 Å². The highest BCUT2D eigenvalue weighted by atomic mass is 16.5. The molecule has 5 nitrogen and oxygen atoms in total. The van der Waals surface area contributed by atoms with Crippen LogP contribution in [0.4, 0.5) is 0 Å². The molecular formula is C31H42N2O3. The fraction of sp³-hybridized carbons (Fsp3) is 0.516. The number of amides is 1. The summed E-state index contributed by atoms with van der Waals surface area (Å²) in [4.78, 5) is 16.1. The zero-order valence-corrected chi connectivity index (χ0v) is 22.2. The molecule has 5 heteroatoms. The number of hydrogen-bond donors (Lipinski definition) is 1. The van der Waals surface area contributed by atoms with Crippen molar-refractivity contribution in [2.24, 2.45) is 5.92 Å². The van der Waals surface area contributed by atoms with Gasteiger partial charge >= 0.3 is 0 Å². The van der Waals surface area contributed by atoms with Gasteiger partial charge in [-0.1, -0.05) is 61.2 Å². The lowest BCUT2D eigenvalue weighted by molar-refractivity contribution is 0.0954. The SMILES string of the molecule is COc1cc(OC)c(C[C@@H]2CCCN2CC2CCCCC2)c(C(=O)NCC(C)=Cc2ccccc2)c1. The van der Waals surface area contributed by atoms with Crippen molar-refractivity contribution < 1.29 is 14.3 Å². The molecule has 194 valence electrons. The summed E-state index contributed by atoms with van der Waals surface area (Å²) in [6.07, 6.45) is 12.2. The second kappa shape index (κ2) is 13.0. The van der Waals surface area contributed by atoms with Crippen molar-refractivity contribution in [2.75, 3.05) is 33.9 Å². The van der Waals surface area contributed by atoms with Gasteiger partial charge in [-0.3, -0.25) is 9.69 Å². The van der Waals surface area contributed by atoms with Crippen LogP contribution in [-0.4, -0.2) is 50.7 Å². The average Bonchev–Trinajstić information content (AvgIpc) is 3.34. The highest BCUT2D eigenvalue weighted by Crippen LogP contribution is 2.34. The predicted octanol–water partition coefficient (Wildman–Crippen LogP) is 6.12. The van der Waals surface area contributed by atoms with Crippen LogP contribution in [0.25, 0.3) is 6.08 Å². The third-order valence-corrected chi connectivity index (χ3v) is 7.78. The number of ether oxygens (including phenoxy) is 2. The molecule has 0 aromatic heterocycles. The molecule has 36 heavy (non-hydrogen) atoms. The summed E-state index contributed by atoms with van der Waals surface area (Å²) in [6, 6.07) is 14.4. The molecule has 0 unspecified atom stereocenters. The lowest BCUT2D eigenvalue weighted by Crippen LogP contribution is -2.36. The van der Waals surface area contributed by atoms with Crippen LogP contribution in [0.15, 0.2) is 48.0 Å². The molecule has 2 aliphatic rings. The van der Waals surface area contributed by atoms with Gasteiger partial charge in [0, 0.05) is 36.3 Å². The fourth-order valence-electron chi connectivity index (χ4n) is 5.84. The molecule has 1 atom stereocenters. The van der Waals surface area contributed by atoms with Gasteiger partial charge < -0.3 is 14.8 Å². The minimum atomic E-state index is -0.0835. The quantitative estimate of drug-likeness (QED) is 0.436. The van der Waals surface area contributed by atoms with Crippen LogP contribution in [0.1, 0.15) is 73.4 Å². The van der Waals surface area contributed by atoms with E-state index in [4.69, 9.17) is 9.47 Å². The van der Waals surface area contributed by atoms with E-state index in [2.05, 4.69) is 28.4 Å². The second-order valence-electron chi connectivity index (χ2n) is 10.4. The Morgan fingerprint density at radius 2 is 1.81 bits per heavy atom. The number of nitrogens with one attached hydrogen (secondary N) is 1. The molecule has 1 saturated carbocycles. The maximum absolute atomic E-state index is 13.5. The van der Waals surface area contributed by atoms with Crippen LogP contribution in [0, 0.1) is 5.92 Å². The molecule has 0 bridgehead atoms. The number of likely N-dealkylation sites (tertiary alicyclic amines) is 1. The molecule has 0 radical (unpaired) electrons. The van der Waals surface area contributed by atoms with E-state index < -0.39 is 0 Å². The summed E-state index contributed by atoms with van der Waals surface area (Å²) in [6.45, 7) is 4.88. The molecule has 1 heterocycles. The van der Waals surface area contributed by atoms with E-state index in [0.29, 0.717) is 23.9 Å². The Hall–Kier alpha value is -2.79. The van der Waals surface area contributed by atoms with Crippen molar-refractivity contribution >= 4 is 12.0 Å². The number of benzene rings is 2. The largest absolute Gasteiger partial charge is 0.497 e. The standard InChI is InChI=1S/C31H42N2O3/c1-23(17-24-11-6-4-7-12-24)21-32-31(34)29-19-27(35-2)20-30(36-3)28(29)18-26-15-10-16-33(26)22-25-13-8-5-9-14-25/h4,6-7,11-12,17,19-20,25-26H,5,8-10,13-16,18,21-22H2,1-3H3,(H,32,34)/t26-/m0/s1. The smallest absolute Gasteiger partial charge is 0.252 e. The Morgan fingerprint density at radius 1 is 1.03 bits per heavy atom. The fourth-order valence-corrected chi connectivity index (χ4v) is 5.84. The molecule has 2 aromatic rings. The number of rotatable bonds is 10. The van der Waals surface area contributed by atoms with E-state index in [1.807, 2.05) is 37.3 Å². The highest BCUT2D eigenvalue weighted by molar-refractivity contribution is 5.97. The molecule has 1 amide bonds. The summed E-state index contributed by atoms with van der Waals surface area (Å²) in [5.41, 5.74) is 3.87. The number of carbonyl (C=O) groups is 1. The van der Waals surface area contributed by atoms with E-state index in [9.17, 15) is 4.79 Å². The van der Waals surface area contributed by atoms with E-state index in [0.717, 1.165) is 41.3 Å². The van der Waals surface area contributed by atoms with Gasteiger partial charge in [-0.15, -0.1) is 0 Å². The van der Waals surface area contributed by atoms with Crippen molar-refractivity contribution in [3.63, 3.8) is 0 Å². The van der Waals surface area contributed by atoms with Crippen molar-refractivity contribution in [3.8, 4) is 11.5 Å². The van der Waals surface area contributed by atoms with Gasteiger partial charge in [0.15, 0.2) is 0 Å². The Bertz CT molecular complexity index is 1030. The summed E-state index contributed by atoms with van der Waals surface area (Å²) in [7, 11) is 3.31. The first-order valence-corrected chi connectivity index (χ1v) is 13.6. The first-order chi connectivity index (χ1) is 17.6. The molecule has 0 spiro atoms. The second-order valence-corrected chi connectivity index (χ2v) is 10.4. The van der Waals surface area contributed by atoms with Gasteiger partial charge in [-0.05, 0) is 63.1 Å². The number of nitrogens with zero attached hydrogens (tertiary/aromatic N) is 1. The van der Waals surface area contributed by atoms with E-state index in [1.54, 1.807) is 14.2 Å². The zero-order chi connectivity index (χ0) is 25.3. The first kappa shape index (κ1) is 26.3. The molecule has 1 N–H and O–H groups in total. The monoisotopic (exact) mass is 490 g/mol. The van der Waals surface area contributed by atoms with Gasteiger partial charge in [0.05, 0.1) is 14.2 Å². The Balaban J connectivity index is 1.50. The van der Waals surface area contributed by atoms with Crippen molar-refractivity contribution in [3.05, 3.63) is 64.7 Å². The van der Waals surface area contributed by atoms with Gasteiger partial charge in [0.1, 0.15) is 11.5 Å². The normalized spacial score (nSPS) is 19.3. The van der Waals surface area contributed by atoms with Gasteiger partial charge in [-0.25, -0.2) is 0 Å². The number of methoxy groups -OCH3 is 2. The summed E-state index contributed by atoms with van der Waals surface area (Å²) in [5.74, 6) is 2.11. The highest BCUT2D eigenvalue weighted by Gasteiger charge is 2.30. The van der Waals surface area contributed by atoms with Crippen LogP contribution in [0.2, 0.25) is 0 Å². The molecule has 1 aliphatic carbocycles. The lowest BCUT2D eigenvalue weighted by Gasteiger charge is -2.31. The Kier molecular flexibility index (Phi) is 9.46. The molecular weight excluding hydrogens is 448 g/mol.